The van der Waals surface area contributed by atoms with E-state index in [1.54, 1.807) is 11.1 Å². The molecule has 1 aliphatic heterocycles. The summed E-state index contributed by atoms with van der Waals surface area (Å²) in [6, 6.07) is 0. The van der Waals surface area contributed by atoms with Gasteiger partial charge in [-0.3, -0.25) is 0 Å². The lowest BCUT2D eigenvalue weighted by Crippen LogP contribution is -2.35. The van der Waals surface area contributed by atoms with Gasteiger partial charge >= 0.3 is 6.09 Å². The number of hydrogen-bond donors (Lipinski definition) is 0. The molecule has 0 spiro atoms. The molecule has 1 aromatic rings. The van der Waals surface area contributed by atoms with E-state index >= 15 is 0 Å². The van der Waals surface area contributed by atoms with Crippen molar-refractivity contribution in [1.82, 2.24) is 14.9 Å². The lowest BCUT2D eigenvalue weighted by Gasteiger charge is -2.24. The minimum atomic E-state index is -0.478. The topological polar surface area (TPSA) is 64.5 Å². The van der Waals surface area contributed by atoms with Gasteiger partial charge in [0.25, 0.3) is 0 Å². The molecule has 1 aromatic heterocycles. The number of aromatic nitrogens is 2. The van der Waals surface area contributed by atoms with E-state index in [-0.39, 0.29) is 17.3 Å². The highest BCUT2D eigenvalue weighted by atomic mass is 79.9. The molecule has 1 atom stereocenters. The lowest BCUT2D eigenvalue weighted by molar-refractivity contribution is 0.0284. The van der Waals surface area contributed by atoms with Crippen LogP contribution in [0.3, 0.4) is 0 Å². The van der Waals surface area contributed by atoms with Crippen LogP contribution in [0.5, 0.6) is 5.88 Å². The van der Waals surface area contributed by atoms with Crippen molar-refractivity contribution in [2.75, 3.05) is 19.7 Å². The van der Waals surface area contributed by atoms with Crippen LogP contribution in [0.4, 0.5) is 4.79 Å². The number of carbonyl (C=O) groups excluding carboxylic acids is 1. The van der Waals surface area contributed by atoms with Crippen molar-refractivity contribution in [3.05, 3.63) is 16.0 Å². The van der Waals surface area contributed by atoms with Crippen LogP contribution in [0.1, 0.15) is 27.2 Å². The van der Waals surface area contributed by atoms with Gasteiger partial charge in [0.15, 0.2) is 0 Å². The molecule has 8 heteroatoms. The normalized spacial score (nSPS) is 18.4. The van der Waals surface area contributed by atoms with Crippen LogP contribution >= 0.6 is 27.5 Å². The number of amides is 1. The van der Waals surface area contributed by atoms with Gasteiger partial charge in [-0.1, -0.05) is 0 Å². The molecule has 0 bridgehead atoms. The Morgan fingerprint density at radius 2 is 2.27 bits per heavy atom. The SMILES string of the molecule is CC(C)(C)OC(=O)N1CC[C@@H](COc2nc(Cl)ncc2Br)C1. The summed E-state index contributed by atoms with van der Waals surface area (Å²) in [5.74, 6) is 0.656. The standard InChI is InChI=1S/C14H19BrClN3O3/c1-14(2,3)22-13(20)19-5-4-9(7-19)8-21-11-10(15)6-17-12(16)18-11/h6,9H,4-5,7-8H2,1-3H3/t9-/m1/s1. The lowest BCUT2D eigenvalue weighted by atomic mass is 10.1. The molecule has 0 radical (unpaired) electrons. The molecule has 22 heavy (non-hydrogen) atoms. The van der Waals surface area contributed by atoms with Crippen molar-refractivity contribution in [2.45, 2.75) is 32.8 Å². The van der Waals surface area contributed by atoms with Gasteiger partial charge in [-0.25, -0.2) is 9.78 Å². The highest BCUT2D eigenvalue weighted by molar-refractivity contribution is 9.10. The number of ether oxygens (including phenoxy) is 2. The zero-order chi connectivity index (χ0) is 16.3. The Bertz CT molecular complexity index is 551. The van der Waals surface area contributed by atoms with E-state index in [1.807, 2.05) is 20.8 Å². The Hall–Kier alpha value is -1.08. The molecule has 0 unspecified atom stereocenters. The van der Waals surface area contributed by atoms with Gasteiger partial charge in [0, 0.05) is 25.2 Å². The summed E-state index contributed by atoms with van der Waals surface area (Å²) in [5, 5.41) is 0.139. The summed E-state index contributed by atoms with van der Waals surface area (Å²) >= 11 is 9.06. The Balaban J connectivity index is 1.84. The summed E-state index contributed by atoms with van der Waals surface area (Å²) in [6.45, 7) is 7.33. The van der Waals surface area contributed by atoms with Crippen LogP contribution in [0, 0.1) is 5.92 Å². The average Bonchev–Trinajstić information content (AvgIpc) is 2.87. The van der Waals surface area contributed by atoms with Crippen molar-refractivity contribution >= 4 is 33.6 Å². The third-order valence-corrected chi connectivity index (χ3v) is 3.80. The molecular weight excluding hydrogens is 374 g/mol. The second-order valence-electron chi connectivity index (χ2n) is 6.18. The molecule has 6 nitrogen and oxygen atoms in total. The minimum absolute atomic E-state index is 0.139. The first kappa shape index (κ1) is 17.3. The fourth-order valence-electron chi connectivity index (χ4n) is 2.09. The number of rotatable bonds is 3. The van der Waals surface area contributed by atoms with Crippen LogP contribution in [0.25, 0.3) is 0 Å². The summed E-state index contributed by atoms with van der Waals surface area (Å²) in [5.41, 5.74) is -0.478. The predicted molar refractivity (Wildman–Crippen MR) is 86.2 cm³/mol. The third-order valence-electron chi connectivity index (χ3n) is 3.08. The Labute approximate surface area is 143 Å². The molecule has 0 aliphatic carbocycles. The first-order chi connectivity index (χ1) is 10.2. The molecule has 0 saturated carbocycles. The zero-order valence-electron chi connectivity index (χ0n) is 12.8. The van der Waals surface area contributed by atoms with E-state index < -0.39 is 5.60 Å². The maximum Gasteiger partial charge on any atom is 0.410 e. The first-order valence-electron chi connectivity index (χ1n) is 7.03. The van der Waals surface area contributed by atoms with E-state index in [4.69, 9.17) is 21.1 Å². The molecule has 2 rings (SSSR count). The van der Waals surface area contributed by atoms with Crippen molar-refractivity contribution in [2.24, 2.45) is 5.92 Å². The Morgan fingerprint density at radius 3 is 2.95 bits per heavy atom. The maximum absolute atomic E-state index is 12.0. The maximum atomic E-state index is 12.0. The number of likely N-dealkylation sites (tertiary alicyclic amines) is 1. The monoisotopic (exact) mass is 391 g/mol. The molecule has 1 fully saturated rings. The largest absolute Gasteiger partial charge is 0.476 e. The number of halogens is 2. The van der Waals surface area contributed by atoms with Gasteiger partial charge in [-0.05, 0) is 54.7 Å². The quantitative estimate of drug-likeness (QED) is 0.736. The van der Waals surface area contributed by atoms with Gasteiger partial charge in [-0.2, -0.15) is 4.98 Å². The number of hydrogen-bond acceptors (Lipinski definition) is 5. The van der Waals surface area contributed by atoms with Crippen LogP contribution in [-0.2, 0) is 4.74 Å². The van der Waals surface area contributed by atoms with Crippen molar-refractivity contribution < 1.29 is 14.3 Å². The summed E-state index contributed by atoms with van der Waals surface area (Å²) in [7, 11) is 0. The van der Waals surface area contributed by atoms with Crippen molar-refractivity contribution in [3.8, 4) is 5.88 Å². The molecule has 1 saturated heterocycles. The smallest absolute Gasteiger partial charge is 0.410 e. The van der Waals surface area contributed by atoms with Gasteiger partial charge in [0.2, 0.25) is 11.2 Å². The second kappa shape index (κ2) is 7.00. The van der Waals surface area contributed by atoms with Crippen LogP contribution in [0.2, 0.25) is 5.28 Å². The molecule has 0 N–H and O–H groups in total. The van der Waals surface area contributed by atoms with E-state index in [1.165, 1.54) is 0 Å². The van der Waals surface area contributed by atoms with Crippen LogP contribution < -0.4 is 4.74 Å². The first-order valence-corrected chi connectivity index (χ1v) is 8.20. The predicted octanol–water partition coefficient (Wildman–Crippen LogP) is 3.53. The Morgan fingerprint density at radius 1 is 1.55 bits per heavy atom. The highest BCUT2D eigenvalue weighted by Gasteiger charge is 2.30. The number of nitrogens with zero attached hydrogens (tertiary/aromatic N) is 3. The van der Waals surface area contributed by atoms with Crippen molar-refractivity contribution in [1.29, 1.82) is 0 Å². The van der Waals surface area contributed by atoms with E-state index in [9.17, 15) is 4.79 Å². The van der Waals surface area contributed by atoms with Crippen LogP contribution in [0.15, 0.2) is 10.7 Å². The third kappa shape index (κ3) is 4.98. The fraction of sp³-hybridized carbons (Fsp3) is 0.643. The van der Waals surface area contributed by atoms with E-state index in [0.29, 0.717) is 30.0 Å². The van der Waals surface area contributed by atoms with Gasteiger partial charge in [0.05, 0.1) is 11.1 Å². The average molecular weight is 393 g/mol. The molecule has 1 aliphatic rings. The van der Waals surface area contributed by atoms with Gasteiger partial charge < -0.3 is 14.4 Å². The molecule has 2 heterocycles. The second-order valence-corrected chi connectivity index (χ2v) is 7.38. The minimum Gasteiger partial charge on any atom is -0.476 e. The van der Waals surface area contributed by atoms with Crippen LogP contribution in [-0.4, -0.2) is 46.3 Å². The molecule has 122 valence electrons. The summed E-state index contributed by atoms with van der Waals surface area (Å²) in [4.78, 5) is 21.6. The van der Waals surface area contributed by atoms with Crippen molar-refractivity contribution in [3.63, 3.8) is 0 Å². The van der Waals surface area contributed by atoms with E-state index in [2.05, 4.69) is 25.9 Å². The fourth-order valence-corrected chi connectivity index (χ4v) is 2.52. The van der Waals surface area contributed by atoms with E-state index in [0.717, 1.165) is 6.42 Å². The number of carbonyl (C=O) groups is 1. The van der Waals surface area contributed by atoms with Gasteiger partial charge in [-0.15, -0.1) is 0 Å². The molecular formula is C14H19BrClN3O3. The summed E-state index contributed by atoms with van der Waals surface area (Å²) in [6.07, 6.45) is 2.14. The van der Waals surface area contributed by atoms with Gasteiger partial charge in [0.1, 0.15) is 5.60 Å². The highest BCUT2D eigenvalue weighted by Crippen LogP contribution is 2.25. The molecule has 0 aromatic carbocycles. The Kier molecular flexibility index (Phi) is 5.50. The molecule has 1 amide bonds. The zero-order valence-corrected chi connectivity index (χ0v) is 15.1. The summed E-state index contributed by atoms with van der Waals surface area (Å²) < 4.78 is 11.7.